The summed E-state index contributed by atoms with van der Waals surface area (Å²) in [7, 11) is 0. The highest BCUT2D eigenvalue weighted by Crippen LogP contribution is 2.24. The molecule has 1 atom stereocenters. The number of hydrogen-bond acceptors (Lipinski definition) is 3. The number of ether oxygens (including phenoxy) is 1. The van der Waals surface area contributed by atoms with E-state index in [1.807, 2.05) is 24.3 Å². The molecule has 0 aliphatic rings. The molecule has 0 saturated heterocycles. The minimum atomic E-state index is -0.947. The Morgan fingerprint density at radius 1 is 1.12 bits per heavy atom. The topological polar surface area (TPSA) is 59.2 Å². The van der Waals surface area contributed by atoms with Crippen LogP contribution in [-0.4, -0.2) is 22.8 Å². The lowest BCUT2D eigenvalue weighted by atomic mass is 10.0. The van der Waals surface area contributed by atoms with E-state index in [0.29, 0.717) is 5.56 Å². The van der Waals surface area contributed by atoms with Gasteiger partial charge in [-0.2, -0.15) is 0 Å². The second-order valence-electron chi connectivity index (χ2n) is 5.94. The number of hydrogen-bond donors (Lipinski definition) is 1. The third-order valence-electron chi connectivity index (χ3n) is 4.11. The zero-order valence-corrected chi connectivity index (χ0v) is 14.0. The van der Waals surface area contributed by atoms with Crippen molar-refractivity contribution in [2.24, 2.45) is 0 Å². The fraction of sp³-hybridized carbons (Fsp3) is 0.200. The lowest BCUT2D eigenvalue weighted by molar-refractivity contribution is -0.145. The first-order chi connectivity index (χ1) is 12.0. The van der Waals surface area contributed by atoms with E-state index in [2.05, 4.69) is 4.98 Å². The molecule has 0 spiro atoms. The molecule has 0 amide bonds. The van der Waals surface area contributed by atoms with Crippen molar-refractivity contribution in [2.75, 3.05) is 0 Å². The first kappa shape index (κ1) is 16.9. The van der Waals surface area contributed by atoms with E-state index in [-0.39, 0.29) is 17.8 Å². The molecule has 0 unspecified atom stereocenters. The summed E-state index contributed by atoms with van der Waals surface area (Å²) in [5.74, 6) is -1.38. The minimum absolute atomic E-state index is 0.211. The van der Waals surface area contributed by atoms with Gasteiger partial charge in [0, 0.05) is 22.2 Å². The van der Waals surface area contributed by atoms with Gasteiger partial charge in [0.1, 0.15) is 5.82 Å². The summed E-state index contributed by atoms with van der Waals surface area (Å²) in [6.07, 6.45) is -1.16. The number of halogens is 1. The van der Waals surface area contributed by atoms with Crippen LogP contribution in [0.15, 0.2) is 48.5 Å². The molecule has 0 radical (unpaired) electrons. The summed E-state index contributed by atoms with van der Waals surface area (Å²) in [4.78, 5) is 27.9. The Hall–Kier alpha value is -2.95. The molecule has 5 heteroatoms. The van der Waals surface area contributed by atoms with Gasteiger partial charge in [-0.3, -0.25) is 9.59 Å². The molecule has 4 nitrogen and oxygen atoms in total. The second kappa shape index (κ2) is 6.89. The minimum Gasteiger partial charge on any atom is -0.454 e. The monoisotopic (exact) mass is 339 g/mol. The summed E-state index contributed by atoms with van der Waals surface area (Å²) in [5.41, 5.74) is 2.34. The number of fused-ring (bicyclic) bond motifs is 1. The third kappa shape index (κ3) is 3.45. The zero-order chi connectivity index (χ0) is 18.0. The van der Waals surface area contributed by atoms with Gasteiger partial charge in [-0.15, -0.1) is 0 Å². The van der Waals surface area contributed by atoms with Gasteiger partial charge >= 0.3 is 5.97 Å². The second-order valence-corrected chi connectivity index (χ2v) is 5.94. The molecule has 3 rings (SSSR count). The number of para-hydroxylation sites is 1. The third-order valence-corrected chi connectivity index (χ3v) is 4.11. The summed E-state index contributed by atoms with van der Waals surface area (Å²) in [5, 5.41) is 0.794. The molecule has 128 valence electrons. The van der Waals surface area contributed by atoms with Crippen LogP contribution in [0.2, 0.25) is 0 Å². The number of aryl methyl sites for hydroxylation is 1. The van der Waals surface area contributed by atoms with Crippen molar-refractivity contribution in [3.8, 4) is 0 Å². The molecule has 0 saturated carbocycles. The smallest absolute Gasteiger partial charge is 0.311 e. The molecule has 1 aromatic heterocycles. The Balaban J connectivity index is 1.75. The van der Waals surface area contributed by atoms with Crippen LogP contribution >= 0.6 is 0 Å². The van der Waals surface area contributed by atoms with Crippen molar-refractivity contribution < 1.29 is 18.7 Å². The van der Waals surface area contributed by atoms with E-state index in [4.69, 9.17) is 4.74 Å². The number of rotatable bonds is 5. The molecule has 0 aliphatic carbocycles. The molecular weight excluding hydrogens is 321 g/mol. The number of benzene rings is 2. The Kier molecular flexibility index (Phi) is 4.65. The van der Waals surface area contributed by atoms with E-state index in [9.17, 15) is 14.0 Å². The van der Waals surface area contributed by atoms with Crippen molar-refractivity contribution >= 4 is 22.7 Å². The normalized spacial score (nSPS) is 12.1. The van der Waals surface area contributed by atoms with Crippen LogP contribution in [0.3, 0.4) is 0 Å². The molecular formula is C20H18FNO3. The van der Waals surface area contributed by atoms with Crippen molar-refractivity contribution in [2.45, 2.75) is 26.4 Å². The van der Waals surface area contributed by atoms with Gasteiger partial charge in [0.05, 0.1) is 6.42 Å². The SMILES string of the molecule is Cc1[nH]c2ccccc2c1C(=O)[C@H](C)OC(=O)Cc1ccccc1F. The number of Topliss-reactive ketones (excluding diaryl/α,β-unsaturated/α-hetero) is 1. The van der Waals surface area contributed by atoms with Crippen LogP contribution in [0, 0.1) is 12.7 Å². The van der Waals surface area contributed by atoms with Crippen molar-refractivity contribution in [1.29, 1.82) is 0 Å². The first-order valence-electron chi connectivity index (χ1n) is 8.01. The van der Waals surface area contributed by atoms with Crippen molar-refractivity contribution in [3.05, 3.63) is 71.2 Å². The van der Waals surface area contributed by atoms with Gasteiger partial charge in [-0.25, -0.2) is 4.39 Å². The Labute approximate surface area is 144 Å². The van der Waals surface area contributed by atoms with E-state index < -0.39 is 17.9 Å². The van der Waals surface area contributed by atoms with Crippen molar-refractivity contribution in [1.82, 2.24) is 4.98 Å². The number of aromatic nitrogens is 1. The predicted octanol–water partition coefficient (Wildman–Crippen LogP) is 3.97. The number of nitrogens with one attached hydrogen (secondary N) is 1. The fourth-order valence-corrected chi connectivity index (χ4v) is 2.89. The van der Waals surface area contributed by atoms with E-state index in [1.54, 1.807) is 19.1 Å². The molecule has 0 bridgehead atoms. The molecule has 0 fully saturated rings. The van der Waals surface area contributed by atoms with Crippen LogP contribution in [-0.2, 0) is 16.0 Å². The lowest BCUT2D eigenvalue weighted by Gasteiger charge is -2.13. The van der Waals surface area contributed by atoms with Crippen LogP contribution in [0.4, 0.5) is 4.39 Å². The number of esters is 1. The molecule has 3 aromatic rings. The summed E-state index contributed by atoms with van der Waals surface area (Å²) in [6, 6.07) is 13.5. The van der Waals surface area contributed by atoms with Crippen LogP contribution in [0.1, 0.15) is 28.5 Å². The molecule has 1 heterocycles. The maximum Gasteiger partial charge on any atom is 0.311 e. The highest BCUT2D eigenvalue weighted by Gasteiger charge is 2.24. The number of H-pyrrole nitrogens is 1. The van der Waals surface area contributed by atoms with Gasteiger partial charge in [0.15, 0.2) is 6.10 Å². The number of carbonyl (C=O) groups is 2. The molecule has 2 aromatic carbocycles. The zero-order valence-electron chi connectivity index (χ0n) is 14.0. The summed E-state index contributed by atoms with van der Waals surface area (Å²) >= 11 is 0. The Bertz CT molecular complexity index is 945. The average Bonchev–Trinajstić information content (AvgIpc) is 2.92. The quantitative estimate of drug-likeness (QED) is 0.565. The van der Waals surface area contributed by atoms with Gasteiger partial charge in [-0.05, 0) is 31.5 Å². The van der Waals surface area contributed by atoms with Crippen LogP contribution in [0.5, 0.6) is 0 Å². The van der Waals surface area contributed by atoms with Crippen LogP contribution < -0.4 is 0 Å². The van der Waals surface area contributed by atoms with Crippen molar-refractivity contribution in [3.63, 3.8) is 0 Å². The van der Waals surface area contributed by atoms with Gasteiger partial charge < -0.3 is 9.72 Å². The number of carbonyl (C=O) groups excluding carboxylic acids is 2. The predicted molar refractivity (Wildman–Crippen MR) is 93.0 cm³/mol. The highest BCUT2D eigenvalue weighted by atomic mass is 19.1. The largest absolute Gasteiger partial charge is 0.454 e. The Morgan fingerprint density at radius 2 is 1.80 bits per heavy atom. The average molecular weight is 339 g/mol. The maximum atomic E-state index is 13.6. The number of aromatic amines is 1. The Morgan fingerprint density at radius 3 is 2.56 bits per heavy atom. The van der Waals surface area contributed by atoms with E-state index in [0.717, 1.165) is 16.6 Å². The molecule has 1 N–H and O–H groups in total. The summed E-state index contributed by atoms with van der Waals surface area (Å²) < 4.78 is 18.8. The molecule has 25 heavy (non-hydrogen) atoms. The molecule has 0 aliphatic heterocycles. The van der Waals surface area contributed by atoms with Crippen LogP contribution in [0.25, 0.3) is 10.9 Å². The summed E-state index contributed by atoms with van der Waals surface area (Å²) in [6.45, 7) is 3.34. The lowest BCUT2D eigenvalue weighted by Crippen LogP contribution is -2.25. The maximum absolute atomic E-state index is 13.6. The first-order valence-corrected chi connectivity index (χ1v) is 8.01. The number of ketones is 1. The van der Waals surface area contributed by atoms with Gasteiger partial charge in [-0.1, -0.05) is 36.4 Å². The standard InChI is InChI=1S/C20H18FNO3/c1-12-19(15-8-4-6-10-17(15)22-12)20(24)13(2)25-18(23)11-14-7-3-5-9-16(14)21/h3-10,13,22H,11H2,1-2H3/t13-/m0/s1. The van der Waals surface area contributed by atoms with E-state index in [1.165, 1.54) is 19.1 Å². The van der Waals surface area contributed by atoms with Gasteiger partial charge in [0.25, 0.3) is 0 Å². The van der Waals surface area contributed by atoms with E-state index >= 15 is 0 Å². The highest BCUT2D eigenvalue weighted by molar-refractivity contribution is 6.11. The fourth-order valence-electron chi connectivity index (χ4n) is 2.89. The van der Waals surface area contributed by atoms with Gasteiger partial charge in [0.2, 0.25) is 5.78 Å².